The van der Waals surface area contributed by atoms with Gasteiger partial charge in [0.15, 0.2) is 0 Å². The summed E-state index contributed by atoms with van der Waals surface area (Å²) in [5.41, 5.74) is 31.7. The molecule has 0 saturated heterocycles. The number of aryl methyl sites for hydroxylation is 2. The van der Waals surface area contributed by atoms with Gasteiger partial charge in [-0.3, -0.25) is 0 Å². The molecule has 13 rings (SSSR count). The van der Waals surface area contributed by atoms with Gasteiger partial charge in [0.1, 0.15) is 0 Å². The van der Waals surface area contributed by atoms with Gasteiger partial charge >= 0.3 is 0 Å². The van der Waals surface area contributed by atoms with Gasteiger partial charge in [0.25, 0.3) is 6.71 Å². The molecule has 0 bridgehead atoms. The van der Waals surface area contributed by atoms with Crippen molar-refractivity contribution in [3.8, 4) is 11.1 Å². The molecule has 4 aliphatic rings. The zero-order valence-corrected chi connectivity index (χ0v) is 54.4. The van der Waals surface area contributed by atoms with Crippen LogP contribution in [-0.2, 0) is 37.9 Å². The molecule has 0 radical (unpaired) electrons. The summed E-state index contributed by atoms with van der Waals surface area (Å²) in [6.07, 6.45) is 1.10. The van der Waals surface area contributed by atoms with Crippen LogP contribution in [0, 0.1) is 13.8 Å². The molecule has 0 N–H and O–H groups in total. The molecule has 0 unspecified atom stereocenters. The van der Waals surface area contributed by atoms with Crippen LogP contribution in [0.3, 0.4) is 0 Å². The van der Waals surface area contributed by atoms with E-state index in [1.807, 2.05) is 0 Å². The first-order valence-corrected chi connectivity index (χ1v) is 31.4. The Morgan fingerprint density at radius 3 is 1.38 bits per heavy atom. The average molecular weight is 1110 g/mol. The summed E-state index contributed by atoms with van der Waals surface area (Å²) in [6, 6.07) is 69.4. The third kappa shape index (κ3) is 8.96. The fourth-order valence-corrected chi connectivity index (χ4v) is 15.8. The van der Waals surface area contributed by atoms with Crippen LogP contribution in [-0.4, -0.2) is 6.71 Å². The highest BCUT2D eigenvalue weighted by atomic mass is 15.2. The zero-order valence-electron chi connectivity index (χ0n) is 54.4. The molecule has 0 saturated carbocycles. The van der Waals surface area contributed by atoms with Gasteiger partial charge in [-0.1, -0.05) is 221 Å². The average Bonchev–Trinajstić information content (AvgIpc) is 0.999. The Bertz CT molecular complexity index is 4110. The van der Waals surface area contributed by atoms with Gasteiger partial charge in [0.2, 0.25) is 0 Å². The lowest BCUT2D eigenvalue weighted by molar-refractivity contribution is 0.403. The van der Waals surface area contributed by atoms with Gasteiger partial charge in [-0.05, 0) is 203 Å². The molecule has 2 heterocycles. The summed E-state index contributed by atoms with van der Waals surface area (Å²) in [7, 11) is 0. The summed E-state index contributed by atoms with van der Waals surface area (Å²) in [5, 5.41) is 0. The molecule has 85 heavy (non-hydrogen) atoms. The second-order valence-corrected chi connectivity index (χ2v) is 31.2. The normalized spacial score (nSPS) is 16.7. The summed E-state index contributed by atoms with van der Waals surface area (Å²) in [4.78, 5) is 7.89. The highest BCUT2D eigenvalue weighted by Crippen LogP contribution is 2.56. The smallest absolute Gasteiger partial charge is 0.252 e. The van der Waals surface area contributed by atoms with Crippen molar-refractivity contribution in [2.75, 3.05) is 14.7 Å². The fraction of sp³-hybridized carbons (Fsp3) is 0.333. The molecule has 2 aliphatic heterocycles. The third-order valence-electron chi connectivity index (χ3n) is 20.3. The summed E-state index contributed by atoms with van der Waals surface area (Å²) in [6.45, 7) is 45.1. The van der Waals surface area contributed by atoms with Crippen molar-refractivity contribution in [3.63, 3.8) is 0 Å². The van der Waals surface area contributed by atoms with Crippen molar-refractivity contribution in [1.82, 2.24) is 0 Å². The van der Waals surface area contributed by atoms with Crippen LogP contribution in [0.25, 0.3) is 11.1 Å². The van der Waals surface area contributed by atoms with Crippen LogP contribution in [0.4, 0.5) is 51.2 Å². The van der Waals surface area contributed by atoms with Crippen LogP contribution < -0.4 is 31.1 Å². The molecule has 0 fully saturated rings. The maximum Gasteiger partial charge on any atom is 0.252 e. The van der Waals surface area contributed by atoms with E-state index in [1.54, 1.807) is 0 Å². The molecule has 0 aromatic heterocycles. The zero-order chi connectivity index (χ0) is 60.5. The van der Waals surface area contributed by atoms with E-state index < -0.39 is 0 Å². The van der Waals surface area contributed by atoms with Gasteiger partial charge in [-0.25, -0.2) is 0 Å². The van der Waals surface area contributed by atoms with Crippen LogP contribution in [0.5, 0.6) is 0 Å². The number of hydrogen-bond acceptors (Lipinski definition) is 3. The van der Waals surface area contributed by atoms with Gasteiger partial charge < -0.3 is 14.7 Å². The van der Waals surface area contributed by atoms with E-state index in [1.165, 1.54) is 123 Å². The molecule has 0 spiro atoms. The second-order valence-electron chi connectivity index (χ2n) is 31.2. The van der Waals surface area contributed by atoms with E-state index in [9.17, 15) is 0 Å². The molecule has 9 aromatic carbocycles. The first kappa shape index (κ1) is 56.6. The van der Waals surface area contributed by atoms with Crippen LogP contribution >= 0.6 is 0 Å². The first-order valence-electron chi connectivity index (χ1n) is 31.4. The second kappa shape index (κ2) is 19.0. The van der Waals surface area contributed by atoms with Crippen molar-refractivity contribution in [1.29, 1.82) is 0 Å². The summed E-state index contributed by atoms with van der Waals surface area (Å²) < 4.78 is 0. The van der Waals surface area contributed by atoms with Crippen molar-refractivity contribution < 1.29 is 0 Å². The predicted molar refractivity (Wildman–Crippen MR) is 368 cm³/mol. The van der Waals surface area contributed by atoms with Crippen molar-refractivity contribution in [2.24, 2.45) is 0 Å². The SMILES string of the molecule is Cc1cc2c3c(c1)N(c1ccc(C(C)(C)C)cc1-c1ccccc1)c1cc4c(cc1B3c1ccc(N(c3ccc(C(C)(C)C)cc3)c3ccc(C(C)(C)C)cc3)cc1N2c1cc2c(cc1C)C(C)(C)CC2(C)C)C(C)(C)c1ccccc1C4(C)C. The molecule has 9 aromatic rings. The predicted octanol–water partition coefficient (Wildman–Crippen LogP) is 20.3. The summed E-state index contributed by atoms with van der Waals surface area (Å²) in [5.74, 6) is 0. The number of nitrogens with zero attached hydrogens (tertiary/aromatic N) is 3. The standard InChI is InChI=1S/C81H88BN3/c1-50-41-72-74-73(42-50)85(69-47-63-62(43-51(69)2)78(12,13)49-79(63,14)15)70-45-58(83(56-34-29-53(30-35-56)75(3,4)5)57-36-31-54(32-37-57)76(6,7)8)38-39-66(70)82(74)67-46-64-65(81(18,19)61-28-24-23-27-60(61)80(64,16)17)48-71(67)84(72)68-40-33-55(77(9,10)11)44-59(68)52-25-21-20-22-26-52/h20-48H,49H2,1-19H3. The van der Waals surface area contributed by atoms with E-state index in [4.69, 9.17) is 0 Å². The van der Waals surface area contributed by atoms with E-state index in [2.05, 4.69) is 322 Å². The molecule has 4 heteroatoms. The fourth-order valence-electron chi connectivity index (χ4n) is 15.8. The Balaban J connectivity index is 1.15. The van der Waals surface area contributed by atoms with Crippen LogP contribution in [0.2, 0.25) is 0 Å². The first-order chi connectivity index (χ1) is 39.9. The van der Waals surface area contributed by atoms with Gasteiger partial charge in [-0.15, -0.1) is 0 Å². The Morgan fingerprint density at radius 2 is 0.835 bits per heavy atom. The highest BCUT2D eigenvalue weighted by molar-refractivity contribution is 7.00. The molecule has 430 valence electrons. The monoisotopic (exact) mass is 1110 g/mol. The lowest BCUT2D eigenvalue weighted by Gasteiger charge is -2.48. The lowest BCUT2D eigenvalue weighted by atomic mass is 9.33. The van der Waals surface area contributed by atoms with Gasteiger partial charge in [0, 0.05) is 61.9 Å². The number of rotatable bonds is 6. The minimum Gasteiger partial charge on any atom is -0.311 e. The van der Waals surface area contributed by atoms with Crippen molar-refractivity contribution in [2.45, 2.75) is 176 Å². The lowest BCUT2D eigenvalue weighted by Crippen LogP contribution is -2.62. The molecular formula is C81H88BN3. The maximum atomic E-state index is 2.70. The van der Waals surface area contributed by atoms with Crippen molar-refractivity contribution in [3.05, 3.63) is 237 Å². The van der Waals surface area contributed by atoms with E-state index in [-0.39, 0.29) is 44.6 Å². The van der Waals surface area contributed by atoms with Gasteiger partial charge in [-0.2, -0.15) is 0 Å². The summed E-state index contributed by atoms with van der Waals surface area (Å²) >= 11 is 0. The molecule has 3 nitrogen and oxygen atoms in total. The van der Waals surface area contributed by atoms with E-state index in [0.29, 0.717) is 0 Å². The number of fused-ring (bicyclic) bond motifs is 7. The van der Waals surface area contributed by atoms with E-state index in [0.717, 1.165) is 23.5 Å². The Hall–Kier alpha value is -7.56. The minimum absolute atomic E-state index is 0.00731. The Labute approximate surface area is 510 Å². The molecule has 0 amide bonds. The highest BCUT2D eigenvalue weighted by Gasteiger charge is 2.49. The number of anilines is 9. The van der Waals surface area contributed by atoms with Crippen molar-refractivity contribution >= 4 is 74.3 Å². The topological polar surface area (TPSA) is 9.72 Å². The van der Waals surface area contributed by atoms with Crippen LogP contribution in [0.15, 0.2) is 176 Å². The number of hydrogen-bond donors (Lipinski definition) is 0. The quantitative estimate of drug-likeness (QED) is 0.154. The Kier molecular flexibility index (Phi) is 12.6. The largest absolute Gasteiger partial charge is 0.311 e. The van der Waals surface area contributed by atoms with E-state index >= 15 is 0 Å². The van der Waals surface area contributed by atoms with Crippen LogP contribution in [0.1, 0.15) is 185 Å². The molecule has 0 atom stereocenters. The molecular weight excluding hydrogens is 1030 g/mol. The minimum atomic E-state index is -0.262. The number of benzene rings is 9. The molecule has 2 aliphatic carbocycles. The maximum absolute atomic E-state index is 2.70. The Morgan fingerprint density at radius 1 is 0.376 bits per heavy atom. The third-order valence-corrected chi connectivity index (χ3v) is 20.3. The van der Waals surface area contributed by atoms with Gasteiger partial charge in [0.05, 0.1) is 5.69 Å².